The molecule has 0 radical (unpaired) electrons. The molecule has 0 saturated heterocycles. The Labute approximate surface area is 96.9 Å². The zero-order chi connectivity index (χ0) is 11.5. The van der Waals surface area contributed by atoms with Crippen LogP contribution >= 0.6 is 15.9 Å². The van der Waals surface area contributed by atoms with Crippen LogP contribution in [0.15, 0.2) is 29.0 Å². The Balaban J connectivity index is 2.55. The molecule has 0 aliphatic carbocycles. The topological polar surface area (TPSA) is 39.4 Å². The van der Waals surface area contributed by atoms with Gasteiger partial charge >= 0.3 is 6.16 Å². The van der Waals surface area contributed by atoms with Crippen LogP contribution in [0.2, 0.25) is 0 Å². The van der Waals surface area contributed by atoms with E-state index < -0.39 is 11.8 Å². The summed E-state index contributed by atoms with van der Waals surface area (Å²) in [5, 5.41) is 0. The minimum Gasteiger partial charge on any atom is -0.425 e. The first-order valence-electron chi connectivity index (χ1n) is 4.45. The van der Waals surface area contributed by atoms with Crippen LogP contribution in [-0.4, -0.2) is 11.8 Å². The summed E-state index contributed by atoms with van der Waals surface area (Å²) in [7, 11) is 0. The van der Waals surface area contributed by atoms with Crippen molar-refractivity contribution >= 4 is 22.1 Å². The molecule has 0 fully saturated rings. The molecule has 5 heteroatoms. The highest BCUT2D eigenvalue weighted by Gasteiger charge is 2.21. The Kier molecular flexibility index (Phi) is 3.68. The maximum Gasteiger partial charge on any atom is 0.572 e. The monoisotopic (exact) mass is 274 g/mol. The Bertz CT molecular complexity index is 343. The molecular formula is C10H13BrNO3+. The minimum absolute atomic E-state index is 0.549. The number of carbonyl (C=O) groups is 1. The standard InChI is InChI=1S/C10H13BrNO3/c1-10(2,3)14-9(13)15-12-6-4-8(11)5-7-12/h4-7H,1-3H3/q+1. The zero-order valence-corrected chi connectivity index (χ0v) is 10.4. The Morgan fingerprint density at radius 1 is 1.33 bits per heavy atom. The summed E-state index contributed by atoms with van der Waals surface area (Å²) in [6, 6.07) is 3.51. The first-order chi connectivity index (χ1) is 6.87. The van der Waals surface area contributed by atoms with Crippen LogP contribution in [-0.2, 0) is 4.74 Å². The Hall–Kier alpha value is -1.10. The van der Waals surface area contributed by atoms with E-state index >= 15 is 0 Å². The summed E-state index contributed by atoms with van der Waals surface area (Å²) in [5.74, 6) is 0. The number of carbonyl (C=O) groups excluding carboxylic acids is 1. The van der Waals surface area contributed by atoms with Crippen LogP contribution < -0.4 is 9.57 Å². The van der Waals surface area contributed by atoms with Gasteiger partial charge in [0.2, 0.25) is 12.4 Å². The molecule has 82 valence electrons. The number of halogens is 1. The van der Waals surface area contributed by atoms with E-state index in [0.717, 1.165) is 4.47 Å². The van der Waals surface area contributed by atoms with Gasteiger partial charge in [0.15, 0.2) is 0 Å². The van der Waals surface area contributed by atoms with Crippen molar-refractivity contribution in [3.05, 3.63) is 29.0 Å². The molecule has 1 aromatic rings. The molecule has 0 saturated carbocycles. The summed E-state index contributed by atoms with van der Waals surface area (Å²) in [4.78, 5) is 16.1. The van der Waals surface area contributed by atoms with Crippen molar-refractivity contribution in [1.82, 2.24) is 0 Å². The van der Waals surface area contributed by atoms with Crippen LogP contribution in [0, 0.1) is 0 Å². The third kappa shape index (κ3) is 4.78. The summed E-state index contributed by atoms with van der Waals surface area (Å²) in [6.45, 7) is 5.33. The van der Waals surface area contributed by atoms with Crippen molar-refractivity contribution in [3.8, 4) is 0 Å². The molecule has 0 spiro atoms. The number of ether oxygens (including phenoxy) is 1. The van der Waals surface area contributed by atoms with Gasteiger partial charge in [-0.2, -0.15) is 4.79 Å². The lowest BCUT2D eigenvalue weighted by Crippen LogP contribution is -2.46. The highest BCUT2D eigenvalue weighted by molar-refractivity contribution is 9.10. The largest absolute Gasteiger partial charge is 0.572 e. The normalized spacial score (nSPS) is 10.9. The average Bonchev–Trinajstić information content (AvgIpc) is 2.05. The quantitative estimate of drug-likeness (QED) is 0.582. The van der Waals surface area contributed by atoms with Gasteiger partial charge in [-0.15, -0.1) is 4.84 Å². The first kappa shape index (κ1) is 12.0. The molecule has 0 amide bonds. The molecule has 0 atom stereocenters. The fraction of sp³-hybridized carbons (Fsp3) is 0.400. The SMILES string of the molecule is CC(C)(C)OC(=O)O[n+]1ccc(Br)cc1. The minimum atomic E-state index is -0.727. The lowest BCUT2D eigenvalue weighted by Gasteiger charge is -2.16. The zero-order valence-electron chi connectivity index (χ0n) is 8.86. The maximum atomic E-state index is 11.2. The Morgan fingerprint density at radius 2 is 1.87 bits per heavy atom. The second-order valence-electron chi connectivity index (χ2n) is 3.93. The van der Waals surface area contributed by atoms with E-state index in [9.17, 15) is 4.79 Å². The molecule has 4 nitrogen and oxygen atoms in total. The summed E-state index contributed by atoms with van der Waals surface area (Å²) in [5.41, 5.74) is -0.549. The van der Waals surface area contributed by atoms with E-state index in [-0.39, 0.29) is 0 Å². The number of rotatable bonds is 1. The van der Waals surface area contributed by atoms with Gasteiger partial charge in [0, 0.05) is 21.3 Å². The number of hydrogen-bond acceptors (Lipinski definition) is 3. The smallest absolute Gasteiger partial charge is 0.425 e. The molecule has 0 aliphatic heterocycles. The van der Waals surface area contributed by atoms with E-state index in [2.05, 4.69) is 15.9 Å². The average molecular weight is 275 g/mol. The van der Waals surface area contributed by atoms with Gasteiger partial charge in [-0.25, -0.2) is 0 Å². The van der Waals surface area contributed by atoms with Crippen molar-refractivity contribution in [3.63, 3.8) is 0 Å². The molecule has 0 aliphatic rings. The fourth-order valence-corrected chi connectivity index (χ4v) is 1.05. The third-order valence-electron chi connectivity index (χ3n) is 1.33. The van der Waals surface area contributed by atoms with E-state index in [4.69, 9.17) is 9.57 Å². The summed E-state index contributed by atoms with van der Waals surface area (Å²) in [6.07, 6.45) is 2.48. The second-order valence-corrected chi connectivity index (χ2v) is 4.85. The number of aromatic nitrogens is 1. The van der Waals surface area contributed by atoms with Gasteiger partial charge in [0.05, 0.1) is 0 Å². The lowest BCUT2D eigenvalue weighted by molar-refractivity contribution is -0.870. The highest BCUT2D eigenvalue weighted by Crippen LogP contribution is 2.07. The number of nitrogens with zero attached hydrogens (tertiary/aromatic N) is 1. The third-order valence-corrected chi connectivity index (χ3v) is 1.86. The predicted molar refractivity (Wildman–Crippen MR) is 57.2 cm³/mol. The van der Waals surface area contributed by atoms with Gasteiger partial charge in [-0.3, -0.25) is 0 Å². The van der Waals surface area contributed by atoms with Crippen LogP contribution in [0.3, 0.4) is 0 Å². The molecule has 1 rings (SSSR count). The van der Waals surface area contributed by atoms with Crippen LogP contribution in [0.1, 0.15) is 20.8 Å². The number of pyridine rings is 1. The fourth-order valence-electron chi connectivity index (χ4n) is 0.810. The van der Waals surface area contributed by atoms with Crippen molar-refractivity contribution < 1.29 is 19.1 Å². The van der Waals surface area contributed by atoms with E-state index in [1.165, 1.54) is 4.73 Å². The van der Waals surface area contributed by atoms with Gasteiger partial charge < -0.3 is 4.74 Å². The molecule has 15 heavy (non-hydrogen) atoms. The molecule has 0 N–H and O–H groups in total. The Morgan fingerprint density at radius 3 is 2.33 bits per heavy atom. The predicted octanol–water partition coefficient (Wildman–Crippen LogP) is 2.10. The van der Waals surface area contributed by atoms with Gasteiger partial charge in [0.1, 0.15) is 5.60 Å². The van der Waals surface area contributed by atoms with E-state index in [1.54, 1.807) is 45.3 Å². The van der Waals surface area contributed by atoms with Gasteiger partial charge in [-0.05, 0) is 20.8 Å². The van der Waals surface area contributed by atoms with E-state index in [0.29, 0.717) is 0 Å². The maximum absolute atomic E-state index is 11.2. The van der Waals surface area contributed by atoms with Gasteiger partial charge in [-0.1, -0.05) is 15.9 Å². The summed E-state index contributed by atoms with van der Waals surface area (Å²) >= 11 is 3.28. The molecule has 0 aromatic carbocycles. The van der Waals surface area contributed by atoms with Crippen molar-refractivity contribution in [1.29, 1.82) is 0 Å². The second kappa shape index (κ2) is 4.61. The lowest BCUT2D eigenvalue weighted by atomic mass is 10.2. The van der Waals surface area contributed by atoms with Gasteiger partial charge in [0.25, 0.3) is 0 Å². The molecule has 0 bridgehead atoms. The molecule has 0 unspecified atom stereocenters. The highest BCUT2D eigenvalue weighted by atomic mass is 79.9. The molecular weight excluding hydrogens is 262 g/mol. The van der Waals surface area contributed by atoms with E-state index in [1.807, 2.05) is 0 Å². The number of hydrogen-bond donors (Lipinski definition) is 0. The summed E-state index contributed by atoms with van der Waals surface area (Å²) < 4.78 is 7.16. The van der Waals surface area contributed by atoms with Crippen LogP contribution in [0.25, 0.3) is 0 Å². The molecule has 1 aromatic heterocycles. The van der Waals surface area contributed by atoms with Crippen LogP contribution in [0.5, 0.6) is 0 Å². The van der Waals surface area contributed by atoms with Crippen molar-refractivity contribution in [2.75, 3.05) is 0 Å². The van der Waals surface area contributed by atoms with Crippen LogP contribution in [0.4, 0.5) is 4.79 Å². The molecule has 1 heterocycles. The van der Waals surface area contributed by atoms with Crippen molar-refractivity contribution in [2.45, 2.75) is 26.4 Å². The first-order valence-corrected chi connectivity index (χ1v) is 5.24. The van der Waals surface area contributed by atoms with Crippen molar-refractivity contribution in [2.24, 2.45) is 0 Å².